The molecular formula is C21H29N3O3. The van der Waals surface area contributed by atoms with Crippen molar-refractivity contribution in [1.29, 1.82) is 0 Å². The molecule has 0 bridgehead atoms. The monoisotopic (exact) mass is 371 g/mol. The fourth-order valence-electron chi connectivity index (χ4n) is 3.71. The maximum absolute atomic E-state index is 12.8. The van der Waals surface area contributed by atoms with Crippen molar-refractivity contribution in [3.8, 4) is 0 Å². The van der Waals surface area contributed by atoms with Gasteiger partial charge in [0.25, 0.3) is 5.91 Å². The highest BCUT2D eigenvalue weighted by molar-refractivity contribution is 5.86. The van der Waals surface area contributed by atoms with Gasteiger partial charge in [-0.3, -0.25) is 4.79 Å². The Morgan fingerprint density at radius 1 is 1.30 bits per heavy atom. The third-order valence-corrected chi connectivity index (χ3v) is 5.34. The summed E-state index contributed by atoms with van der Waals surface area (Å²) in [6, 6.07) is 10.3. The van der Waals surface area contributed by atoms with Gasteiger partial charge in [0.2, 0.25) is 0 Å². The van der Waals surface area contributed by atoms with E-state index in [1.807, 2.05) is 36.9 Å². The first-order chi connectivity index (χ1) is 13.0. The van der Waals surface area contributed by atoms with E-state index in [0.717, 1.165) is 42.8 Å². The van der Waals surface area contributed by atoms with Crippen LogP contribution in [0.15, 0.2) is 34.9 Å². The third kappa shape index (κ3) is 4.76. The molecule has 0 aliphatic carbocycles. The van der Waals surface area contributed by atoms with Gasteiger partial charge in [0.05, 0.1) is 5.69 Å². The molecule has 2 aromatic rings. The number of piperidine rings is 1. The Morgan fingerprint density at radius 2 is 2.07 bits per heavy atom. The summed E-state index contributed by atoms with van der Waals surface area (Å²) in [6.45, 7) is 5.93. The molecule has 2 N–H and O–H groups in total. The number of likely N-dealkylation sites (tertiary alicyclic amines) is 1. The van der Waals surface area contributed by atoms with Crippen LogP contribution in [-0.2, 0) is 17.8 Å². The van der Waals surface area contributed by atoms with Gasteiger partial charge < -0.3 is 19.8 Å². The highest BCUT2D eigenvalue weighted by Gasteiger charge is 2.41. The van der Waals surface area contributed by atoms with E-state index in [0.29, 0.717) is 19.5 Å². The predicted octanol–water partition coefficient (Wildman–Crippen LogP) is 2.37. The number of nitrogens with one attached hydrogen (secondary N) is 1. The summed E-state index contributed by atoms with van der Waals surface area (Å²) < 4.78 is 5.15. The Balaban J connectivity index is 1.50. The number of amides is 1. The number of hydrogen-bond donors (Lipinski definition) is 2. The van der Waals surface area contributed by atoms with Crippen molar-refractivity contribution in [1.82, 2.24) is 15.4 Å². The molecule has 27 heavy (non-hydrogen) atoms. The summed E-state index contributed by atoms with van der Waals surface area (Å²) in [5, 5.41) is 18.0. The maximum atomic E-state index is 12.8. The zero-order valence-electron chi connectivity index (χ0n) is 16.2. The van der Waals surface area contributed by atoms with Crippen LogP contribution < -0.4 is 5.32 Å². The van der Waals surface area contributed by atoms with E-state index in [-0.39, 0.29) is 12.5 Å². The molecule has 1 amide bonds. The number of benzene rings is 1. The number of aryl methyl sites for hydroxylation is 3. The van der Waals surface area contributed by atoms with Crippen LogP contribution in [0.1, 0.15) is 41.8 Å². The van der Waals surface area contributed by atoms with Gasteiger partial charge in [-0.2, -0.15) is 0 Å². The van der Waals surface area contributed by atoms with Crippen molar-refractivity contribution in [2.24, 2.45) is 0 Å². The Labute approximate surface area is 160 Å². The van der Waals surface area contributed by atoms with Crippen LogP contribution in [0.5, 0.6) is 0 Å². The van der Waals surface area contributed by atoms with E-state index in [4.69, 9.17) is 4.52 Å². The zero-order valence-corrected chi connectivity index (χ0v) is 16.2. The molecule has 6 nitrogen and oxygen atoms in total. The SMILES string of the molecule is Cc1noc(C)c1CNCC1(O)CCCN(CCCc2ccccc2)C1=O. The fourth-order valence-corrected chi connectivity index (χ4v) is 3.71. The van der Waals surface area contributed by atoms with Gasteiger partial charge in [-0.25, -0.2) is 0 Å². The Bertz CT molecular complexity index is 740. The standard InChI is InChI=1S/C21H29N3O3/c1-16-19(17(2)27-23-16)14-22-15-21(26)11-7-13-24(20(21)25)12-6-10-18-8-4-3-5-9-18/h3-5,8-9,22,26H,6-7,10-15H2,1-2H3. The molecule has 3 rings (SSSR count). The molecule has 146 valence electrons. The lowest BCUT2D eigenvalue weighted by Crippen LogP contribution is -2.58. The average Bonchev–Trinajstić information content (AvgIpc) is 2.98. The fraction of sp³-hybridized carbons (Fsp3) is 0.524. The number of rotatable bonds is 8. The normalized spacial score (nSPS) is 20.3. The highest BCUT2D eigenvalue weighted by Crippen LogP contribution is 2.23. The topological polar surface area (TPSA) is 78.6 Å². The van der Waals surface area contributed by atoms with Crippen LogP contribution in [0.3, 0.4) is 0 Å². The molecule has 0 saturated carbocycles. The highest BCUT2D eigenvalue weighted by atomic mass is 16.5. The number of nitrogens with zero attached hydrogens (tertiary/aromatic N) is 2. The molecule has 1 aromatic heterocycles. The summed E-state index contributed by atoms with van der Waals surface area (Å²) in [6.07, 6.45) is 3.15. The molecule has 2 heterocycles. The number of aromatic nitrogens is 1. The predicted molar refractivity (Wildman–Crippen MR) is 103 cm³/mol. The molecule has 1 saturated heterocycles. The molecule has 6 heteroatoms. The third-order valence-electron chi connectivity index (χ3n) is 5.34. The number of carbonyl (C=O) groups is 1. The van der Waals surface area contributed by atoms with Crippen molar-refractivity contribution in [3.05, 3.63) is 52.9 Å². The summed E-state index contributed by atoms with van der Waals surface area (Å²) in [5.41, 5.74) is 1.77. The van der Waals surface area contributed by atoms with Crippen LogP contribution in [0.4, 0.5) is 0 Å². The minimum Gasteiger partial charge on any atom is -0.379 e. The summed E-state index contributed by atoms with van der Waals surface area (Å²) in [4.78, 5) is 14.6. The summed E-state index contributed by atoms with van der Waals surface area (Å²) in [7, 11) is 0. The van der Waals surface area contributed by atoms with E-state index < -0.39 is 5.60 Å². The van der Waals surface area contributed by atoms with Crippen LogP contribution in [0.2, 0.25) is 0 Å². The van der Waals surface area contributed by atoms with Crippen molar-refractivity contribution >= 4 is 5.91 Å². The maximum Gasteiger partial charge on any atom is 0.255 e. The van der Waals surface area contributed by atoms with Crippen molar-refractivity contribution in [3.63, 3.8) is 0 Å². The first kappa shape index (κ1) is 19.6. The van der Waals surface area contributed by atoms with Gasteiger partial charge in [0, 0.05) is 31.7 Å². The first-order valence-corrected chi connectivity index (χ1v) is 9.68. The van der Waals surface area contributed by atoms with E-state index in [1.54, 1.807) is 0 Å². The van der Waals surface area contributed by atoms with E-state index in [9.17, 15) is 9.90 Å². The van der Waals surface area contributed by atoms with Gasteiger partial charge in [-0.05, 0) is 45.1 Å². The number of hydrogen-bond acceptors (Lipinski definition) is 5. The second-order valence-electron chi connectivity index (χ2n) is 7.42. The minimum atomic E-state index is -1.33. The average molecular weight is 371 g/mol. The molecule has 0 spiro atoms. The quantitative estimate of drug-likeness (QED) is 0.745. The molecule has 1 fully saturated rings. The van der Waals surface area contributed by atoms with Gasteiger partial charge in [-0.15, -0.1) is 0 Å². The Hall–Kier alpha value is -2.18. The lowest BCUT2D eigenvalue weighted by molar-refractivity contribution is -0.156. The molecule has 0 radical (unpaired) electrons. The van der Waals surface area contributed by atoms with E-state index >= 15 is 0 Å². The second-order valence-corrected chi connectivity index (χ2v) is 7.42. The van der Waals surface area contributed by atoms with E-state index in [2.05, 4.69) is 22.6 Å². The van der Waals surface area contributed by atoms with E-state index in [1.165, 1.54) is 5.56 Å². The largest absolute Gasteiger partial charge is 0.379 e. The molecule has 1 aliphatic rings. The van der Waals surface area contributed by atoms with Crippen molar-refractivity contribution in [2.45, 2.75) is 51.7 Å². The second kappa shape index (κ2) is 8.67. The van der Waals surface area contributed by atoms with Crippen LogP contribution in [-0.4, -0.2) is 46.3 Å². The molecule has 1 unspecified atom stereocenters. The van der Waals surface area contributed by atoms with Crippen molar-refractivity contribution < 1.29 is 14.4 Å². The lowest BCUT2D eigenvalue weighted by atomic mass is 9.91. The smallest absolute Gasteiger partial charge is 0.255 e. The lowest BCUT2D eigenvalue weighted by Gasteiger charge is -2.38. The van der Waals surface area contributed by atoms with Gasteiger partial charge in [-0.1, -0.05) is 35.5 Å². The molecule has 1 atom stereocenters. The molecule has 1 aromatic carbocycles. The molecular weight excluding hydrogens is 342 g/mol. The van der Waals surface area contributed by atoms with Gasteiger partial charge >= 0.3 is 0 Å². The van der Waals surface area contributed by atoms with Crippen LogP contribution in [0, 0.1) is 13.8 Å². The minimum absolute atomic E-state index is 0.159. The first-order valence-electron chi connectivity index (χ1n) is 9.68. The number of carbonyl (C=O) groups excluding carboxylic acids is 1. The molecule has 1 aliphatic heterocycles. The Morgan fingerprint density at radius 3 is 2.78 bits per heavy atom. The van der Waals surface area contributed by atoms with Crippen molar-refractivity contribution in [2.75, 3.05) is 19.6 Å². The summed E-state index contributed by atoms with van der Waals surface area (Å²) in [5.74, 6) is 0.609. The van der Waals surface area contributed by atoms with Gasteiger partial charge in [0.15, 0.2) is 5.60 Å². The number of aliphatic hydroxyl groups is 1. The Kier molecular flexibility index (Phi) is 6.29. The zero-order chi connectivity index (χ0) is 19.3. The van der Waals surface area contributed by atoms with Gasteiger partial charge in [0.1, 0.15) is 5.76 Å². The van der Waals surface area contributed by atoms with Crippen LogP contribution >= 0.6 is 0 Å². The van der Waals surface area contributed by atoms with Crippen LogP contribution in [0.25, 0.3) is 0 Å². The summed E-state index contributed by atoms with van der Waals surface area (Å²) >= 11 is 0.